The zero-order chi connectivity index (χ0) is 18.1. The van der Waals surface area contributed by atoms with Crippen LogP contribution in [0.1, 0.15) is 48.9 Å². The summed E-state index contributed by atoms with van der Waals surface area (Å²) in [4.78, 5) is 28.2. The topological polar surface area (TPSA) is 70.1 Å². The Bertz CT molecular complexity index is 680. The van der Waals surface area contributed by atoms with Crippen LogP contribution < -0.4 is 4.90 Å². The minimum Gasteiger partial charge on any atom is -0.390 e. The molecule has 0 saturated carbocycles. The first kappa shape index (κ1) is 17.5. The van der Waals surface area contributed by atoms with Crippen LogP contribution >= 0.6 is 0 Å². The fourth-order valence-electron chi connectivity index (χ4n) is 4.36. The second-order valence-electron chi connectivity index (χ2n) is 7.56. The molecular formula is C20H26N2O4. The number of piperidine rings is 1. The van der Waals surface area contributed by atoms with Crippen molar-refractivity contribution in [1.82, 2.24) is 4.90 Å². The summed E-state index contributed by atoms with van der Waals surface area (Å²) in [6.07, 6.45) is 4.11. The lowest BCUT2D eigenvalue weighted by Crippen LogP contribution is -2.56. The van der Waals surface area contributed by atoms with Gasteiger partial charge in [-0.2, -0.15) is 0 Å². The molecule has 1 N–H and O–H groups in total. The molecule has 0 radical (unpaired) electrons. The lowest BCUT2D eigenvalue weighted by atomic mass is 9.82. The third kappa shape index (κ3) is 3.12. The van der Waals surface area contributed by atoms with Crippen molar-refractivity contribution in [2.24, 2.45) is 0 Å². The predicted octanol–water partition coefficient (Wildman–Crippen LogP) is 1.96. The van der Waals surface area contributed by atoms with Crippen molar-refractivity contribution in [2.75, 3.05) is 31.1 Å². The maximum absolute atomic E-state index is 12.8. The Labute approximate surface area is 153 Å². The Morgan fingerprint density at radius 1 is 1.12 bits per heavy atom. The molecule has 3 aliphatic heterocycles. The molecule has 3 saturated heterocycles. The first-order chi connectivity index (χ1) is 12.6. The molecule has 3 aliphatic rings. The second kappa shape index (κ2) is 7.00. The Morgan fingerprint density at radius 3 is 2.46 bits per heavy atom. The Hall–Kier alpha value is -1.92. The van der Waals surface area contributed by atoms with Crippen LogP contribution in [0.5, 0.6) is 0 Å². The molecule has 140 valence electrons. The van der Waals surface area contributed by atoms with Crippen molar-refractivity contribution in [1.29, 1.82) is 0 Å². The minimum absolute atomic E-state index is 0.00412. The minimum atomic E-state index is -0.463. The van der Waals surface area contributed by atoms with Crippen LogP contribution in [0.2, 0.25) is 0 Å². The third-order valence-corrected chi connectivity index (χ3v) is 6.02. The first-order valence-corrected chi connectivity index (χ1v) is 9.61. The van der Waals surface area contributed by atoms with Gasteiger partial charge in [0, 0.05) is 43.9 Å². The largest absolute Gasteiger partial charge is 0.390 e. The first-order valence-electron chi connectivity index (χ1n) is 9.61. The standard InChI is InChI=1S/C20H26N2O4/c23-17-3-2-14-26-20(17)9-12-21(13-10-20)19(25)15-5-7-16(8-6-15)22-11-1-4-18(22)24/h5-8,17,23H,1-4,9-14H2/t17-/m1/s1. The van der Waals surface area contributed by atoms with E-state index < -0.39 is 11.7 Å². The molecule has 1 atom stereocenters. The molecule has 2 amide bonds. The molecule has 1 spiro atoms. The summed E-state index contributed by atoms with van der Waals surface area (Å²) in [6, 6.07) is 7.32. The molecule has 3 fully saturated rings. The fraction of sp³-hybridized carbons (Fsp3) is 0.600. The van der Waals surface area contributed by atoms with Gasteiger partial charge >= 0.3 is 0 Å². The van der Waals surface area contributed by atoms with E-state index in [1.54, 1.807) is 17.0 Å². The van der Waals surface area contributed by atoms with Crippen molar-refractivity contribution in [3.8, 4) is 0 Å². The lowest BCUT2D eigenvalue weighted by molar-refractivity contribution is -0.174. The fourth-order valence-corrected chi connectivity index (χ4v) is 4.36. The maximum Gasteiger partial charge on any atom is 0.253 e. The van der Waals surface area contributed by atoms with Crippen molar-refractivity contribution < 1.29 is 19.4 Å². The van der Waals surface area contributed by atoms with Crippen LogP contribution in [0.25, 0.3) is 0 Å². The average molecular weight is 358 g/mol. The van der Waals surface area contributed by atoms with Crippen molar-refractivity contribution in [3.63, 3.8) is 0 Å². The number of amides is 2. The number of hydrogen-bond acceptors (Lipinski definition) is 4. The van der Waals surface area contributed by atoms with Crippen molar-refractivity contribution >= 4 is 17.5 Å². The zero-order valence-corrected chi connectivity index (χ0v) is 15.0. The molecular weight excluding hydrogens is 332 g/mol. The number of likely N-dealkylation sites (tertiary alicyclic amines) is 1. The van der Waals surface area contributed by atoms with Gasteiger partial charge < -0.3 is 19.6 Å². The molecule has 1 aromatic rings. The third-order valence-electron chi connectivity index (χ3n) is 6.02. The highest BCUT2D eigenvalue weighted by Gasteiger charge is 2.44. The van der Waals surface area contributed by atoms with Gasteiger partial charge in [-0.1, -0.05) is 0 Å². The zero-order valence-electron chi connectivity index (χ0n) is 15.0. The summed E-state index contributed by atoms with van der Waals surface area (Å²) in [5.74, 6) is 0.154. The molecule has 6 heteroatoms. The molecule has 0 unspecified atom stereocenters. The summed E-state index contributed by atoms with van der Waals surface area (Å²) in [5, 5.41) is 10.3. The van der Waals surface area contributed by atoms with E-state index in [1.807, 2.05) is 17.0 Å². The molecule has 4 rings (SSSR count). The summed E-state index contributed by atoms with van der Waals surface area (Å²) in [5.41, 5.74) is 1.04. The molecule has 1 aromatic carbocycles. The molecule has 26 heavy (non-hydrogen) atoms. The Morgan fingerprint density at radius 2 is 1.85 bits per heavy atom. The molecule has 0 aromatic heterocycles. The summed E-state index contributed by atoms with van der Waals surface area (Å²) < 4.78 is 5.91. The number of aliphatic hydroxyl groups excluding tert-OH is 1. The van der Waals surface area contributed by atoms with Gasteiger partial charge in [0.15, 0.2) is 0 Å². The summed E-state index contributed by atoms with van der Waals surface area (Å²) in [7, 11) is 0. The van der Waals surface area contributed by atoms with Gasteiger partial charge in [-0.3, -0.25) is 9.59 Å². The number of anilines is 1. The summed E-state index contributed by atoms with van der Waals surface area (Å²) >= 11 is 0. The van der Waals surface area contributed by atoms with E-state index in [1.165, 1.54) is 0 Å². The highest BCUT2D eigenvalue weighted by atomic mass is 16.5. The van der Waals surface area contributed by atoms with E-state index in [0.29, 0.717) is 44.5 Å². The van der Waals surface area contributed by atoms with Crippen molar-refractivity contribution in [2.45, 2.75) is 50.2 Å². The molecule has 3 heterocycles. The van der Waals surface area contributed by atoms with Crippen molar-refractivity contribution in [3.05, 3.63) is 29.8 Å². The lowest BCUT2D eigenvalue weighted by Gasteiger charge is -2.46. The normalized spacial score (nSPS) is 25.7. The Balaban J connectivity index is 1.40. The number of ether oxygens (including phenoxy) is 1. The smallest absolute Gasteiger partial charge is 0.253 e. The predicted molar refractivity (Wildman–Crippen MR) is 97.1 cm³/mol. The van der Waals surface area contributed by atoms with Crippen LogP contribution in [-0.2, 0) is 9.53 Å². The number of carbonyl (C=O) groups is 2. The van der Waals surface area contributed by atoms with Gasteiger partial charge in [-0.25, -0.2) is 0 Å². The molecule has 0 aliphatic carbocycles. The van der Waals surface area contributed by atoms with Crippen LogP contribution in [0, 0.1) is 0 Å². The number of aliphatic hydroxyl groups is 1. The monoisotopic (exact) mass is 358 g/mol. The van der Waals surface area contributed by atoms with Gasteiger partial charge in [-0.15, -0.1) is 0 Å². The van der Waals surface area contributed by atoms with E-state index in [2.05, 4.69) is 0 Å². The maximum atomic E-state index is 12.8. The van der Waals surface area contributed by atoms with E-state index in [4.69, 9.17) is 4.74 Å². The number of benzene rings is 1. The van der Waals surface area contributed by atoms with E-state index in [-0.39, 0.29) is 11.8 Å². The van der Waals surface area contributed by atoms with Gasteiger partial charge in [0.2, 0.25) is 5.91 Å². The SMILES string of the molecule is O=C(c1ccc(N2CCCC2=O)cc1)N1CCC2(CC1)OCCC[C@H]2O. The van der Waals surface area contributed by atoms with Crippen LogP contribution in [0.15, 0.2) is 24.3 Å². The van der Waals surface area contributed by atoms with Gasteiger partial charge in [0.1, 0.15) is 0 Å². The van der Waals surface area contributed by atoms with Crippen LogP contribution in [-0.4, -0.2) is 59.8 Å². The highest BCUT2D eigenvalue weighted by Crippen LogP contribution is 2.35. The highest BCUT2D eigenvalue weighted by molar-refractivity contribution is 5.97. The number of nitrogens with zero attached hydrogens (tertiary/aromatic N) is 2. The quantitative estimate of drug-likeness (QED) is 0.877. The van der Waals surface area contributed by atoms with E-state index in [9.17, 15) is 14.7 Å². The van der Waals surface area contributed by atoms with E-state index in [0.717, 1.165) is 31.5 Å². The van der Waals surface area contributed by atoms with Gasteiger partial charge in [0.05, 0.1) is 11.7 Å². The second-order valence-corrected chi connectivity index (χ2v) is 7.56. The van der Waals surface area contributed by atoms with Gasteiger partial charge in [0.25, 0.3) is 5.91 Å². The van der Waals surface area contributed by atoms with Gasteiger partial charge in [-0.05, 0) is 56.4 Å². The Kier molecular flexibility index (Phi) is 4.71. The average Bonchev–Trinajstić information content (AvgIpc) is 3.10. The molecule has 0 bridgehead atoms. The molecule has 6 nitrogen and oxygen atoms in total. The van der Waals surface area contributed by atoms with E-state index >= 15 is 0 Å². The van der Waals surface area contributed by atoms with Crippen LogP contribution in [0.3, 0.4) is 0 Å². The van der Waals surface area contributed by atoms with Crippen LogP contribution in [0.4, 0.5) is 5.69 Å². The number of carbonyl (C=O) groups excluding carboxylic acids is 2. The summed E-state index contributed by atoms with van der Waals surface area (Å²) in [6.45, 7) is 2.65. The number of hydrogen-bond donors (Lipinski definition) is 1. The number of rotatable bonds is 2.